The normalized spacial score (nSPS) is 11.0. The molecule has 0 aliphatic heterocycles. The molecule has 0 atom stereocenters. The summed E-state index contributed by atoms with van der Waals surface area (Å²) in [7, 11) is -2.57. The Morgan fingerprint density at radius 2 is 1.91 bits per heavy atom. The molecule has 0 saturated carbocycles. The number of sulfonamides is 1. The van der Waals surface area contributed by atoms with Gasteiger partial charge < -0.3 is 10.5 Å². The summed E-state index contributed by atoms with van der Waals surface area (Å²) in [6.07, 6.45) is 0. The third kappa shape index (κ3) is 3.40. The summed E-state index contributed by atoms with van der Waals surface area (Å²) in [5.74, 6) is -0.535. The van der Waals surface area contributed by atoms with Gasteiger partial charge in [-0.25, -0.2) is 8.42 Å². The number of carbonyl (C=O) groups is 1. The number of para-hydroxylation sites is 1. The van der Waals surface area contributed by atoms with Crippen molar-refractivity contribution in [3.8, 4) is 5.75 Å². The summed E-state index contributed by atoms with van der Waals surface area (Å²) in [5.41, 5.74) is 5.44. The fourth-order valence-corrected chi connectivity index (χ4v) is 3.64. The van der Waals surface area contributed by atoms with Gasteiger partial charge in [0.2, 0.25) is 0 Å². The molecular weight excluding hydrogens is 372 g/mol. The van der Waals surface area contributed by atoms with E-state index in [1.807, 2.05) is 0 Å². The fraction of sp³-hybridized carbons (Fsp3) is 0.0714. The monoisotopic (exact) mass is 384 g/mol. The van der Waals surface area contributed by atoms with Gasteiger partial charge in [0.1, 0.15) is 10.6 Å². The number of amides is 1. The number of benzene rings is 2. The number of hydrogen-bond acceptors (Lipinski definition) is 4. The lowest BCUT2D eigenvalue weighted by molar-refractivity contribution is 0.100. The minimum absolute atomic E-state index is 0.0522. The van der Waals surface area contributed by atoms with Crippen LogP contribution in [0.3, 0.4) is 0 Å². The predicted octanol–water partition coefficient (Wildman–Crippen LogP) is 2.36. The number of ether oxygens (including phenoxy) is 1. The number of carbonyl (C=O) groups excluding carboxylic acids is 1. The van der Waals surface area contributed by atoms with E-state index in [9.17, 15) is 13.2 Å². The molecule has 0 aliphatic carbocycles. The van der Waals surface area contributed by atoms with Crippen LogP contribution in [0.4, 0.5) is 5.69 Å². The molecule has 0 aliphatic rings. The standard InChI is InChI=1S/C14H13BrN2O4S/c1-21-12-7-6-9(15)8-13(12)22(19,20)17-11-5-3-2-4-10(11)14(16)18/h2-8,17H,1H3,(H2,16,18). The second-order valence-electron chi connectivity index (χ2n) is 4.31. The first-order chi connectivity index (χ1) is 10.3. The Labute approximate surface area is 136 Å². The summed E-state index contributed by atoms with van der Waals surface area (Å²) in [6, 6.07) is 10.7. The predicted molar refractivity (Wildman–Crippen MR) is 86.5 cm³/mol. The Bertz CT molecular complexity index is 821. The first kappa shape index (κ1) is 16.3. The molecular formula is C14H13BrN2O4S. The van der Waals surface area contributed by atoms with Gasteiger partial charge in [-0.1, -0.05) is 28.1 Å². The van der Waals surface area contributed by atoms with Crippen LogP contribution >= 0.6 is 15.9 Å². The average Bonchev–Trinajstić information content (AvgIpc) is 2.47. The molecule has 0 fully saturated rings. The topological polar surface area (TPSA) is 98.5 Å². The van der Waals surface area contributed by atoms with E-state index < -0.39 is 15.9 Å². The minimum atomic E-state index is -3.95. The Hall–Kier alpha value is -2.06. The lowest BCUT2D eigenvalue weighted by atomic mass is 10.2. The van der Waals surface area contributed by atoms with Crippen molar-refractivity contribution >= 4 is 37.5 Å². The maximum atomic E-state index is 12.5. The van der Waals surface area contributed by atoms with Crippen molar-refractivity contribution in [2.24, 2.45) is 5.73 Å². The van der Waals surface area contributed by atoms with Gasteiger partial charge in [0.15, 0.2) is 0 Å². The third-order valence-corrected chi connectivity index (χ3v) is 4.73. The van der Waals surface area contributed by atoms with Gasteiger partial charge in [-0.3, -0.25) is 9.52 Å². The van der Waals surface area contributed by atoms with Crippen molar-refractivity contribution in [1.82, 2.24) is 0 Å². The van der Waals surface area contributed by atoms with Crippen LogP contribution in [-0.4, -0.2) is 21.4 Å². The van der Waals surface area contributed by atoms with Crippen LogP contribution in [0, 0.1) is 0 Å². The van der Waals surface area contributed by atoms with E-state index in [1.54, 1.807) is 18.2 Å². The molecule has 0 aromatic heterocycles. The highest BCUT2D eigenvalue weighted by Gasteiger charge is 2.22. The molecule has 116 valence electrons. The second-order valence-corrected chi connectivity index (χ2v) is 6.88. The van der Waals surface area contributed by atoms with Gasteiger partial charge in [-0.05, 0) is 30.3 Å². The summed E-state index contributed by atoms with van der Waals surface area (Å²) >= 11 is 3.22. The SMILES string of the molecule is COc1ccc(Br)cc1S(=O)(=O)Nc1ccccc1C(N)=O. The Balaban J connectivity index is 2.50. The molecule has 1 amide bonds. The van der Waals surface area contributed by atoms with Crippen molar-refractivity contribution in [2.45, 2.75) is 4.90 Å². The molecule has 22 heavy (non-hydrogen) atoms. The quantitative estimate of drug-likeness (QED) is 0.826. The van der Waals surface area contributed by atoms with Crippen LogP contribution in [0.15, 0.2) is 51.8 Å². The molecule has 3 N–H and O–H groups in total. The van der Waals surface area contributed by atoms with Crippen LogP contribution < -0.4 is 15.2 Å². The van der Waals surface area contributed by atoms with E-state index in [1.165, 1.54) is 31.4 Å². The average molecular weight is 385 g/mol. The smallest absolute Gasteiger partial charge is 0.265 e. The molecule has 2 aromatic rings. The number of rotatable bonds is 5. The van der Waals surface area contributed by atoms with E-state index in [0.29, 0.717) is 4.47 Å². The summed E-state index contributed by atoms with van der Waals surface area (Å²) in [5, 5.41) is 0. The largest absolute Gasteiger partial charge is 0.495 e. The van der Waals surface area contributed by atoms with E-state index in [0.717, 1.165) is 0 Å². The summed E-state index contributed by atoms with van der Waals surface area (Å²) in [6.45, 7) is 0. The minimum Gasteiger partial charge on any atom is -0.495 e. The lowest BCUT2D eigenvalue weighted by Gasteiger charge is -2.13. The second kappa shape index (κ2) is 6.37. The zero-order valence-corrected chi connectivity index (χ0v) is 13.9. The zero-order chi connectivity index (χ0) is 16.3. The van der Waals surface area contributed by atoms with Gasteiger partial charge >= 0.3 is 0 Å². The van der Waals surface area contributed by atoms with Crippen molar-refractivity contribution in [1.29, 1.82) is 0 Å². The van der Waals surface area contributed by atoms with E-state index in [2.05, 4.69) is 20.7 Å². The molecule has 8 heteroatoms. The van der Waals surface area contributed by atoms with Crippen LogP contribution in [0.25, 0.3) is 0 Å². The van der Waals surface area contributed by atoms with Gasteiger partial charge in [0, 0.05) is 4.47 Å². The highest BCUT2D eigenvalue weighted by molar-refractivity contribution is 9.10. The summed E-state index contributed by atoms with van der Waals surface area (Å²) < 4.78 is 33.1. The molecule has 6 nitrogen and oxygen atoms in total. The van der Waals surface area contributed by atoms with Crippen LogP contribution in [0.1, 0.15) is 10.4 Å². The molecule has 0 heterocycles. The molecule has 0 bridgehead atoms. The number of anilines is 1. The Kier molecular flexibility index (Phi) is 4.72. The molecule has 0 saturated heterocycles. The van der Waals surface area contributed by atoms with Crippen molar-refractivity contribution in [3.63, 3.8) is 0 Å². The first-order valence-electron chi connectivity index (χ1n) is 6.10. The maximum Gasteiger partial charge on any atom is 0.265 e. The number of nitrogens with two attached hydrogens (primary N) is 1. The van der Waals surface area contributed by atoms with Crippen LogP contribution in [0.2, 0.25) is 0 Å². The van der Waals surface area contributed by atoms with Gasteiger partial charge in [0.05, 0.1) is 18.4 Å². The molecule has 2 rings (SSSR count). The third-order valence-electron chi connectivity index (χ3n) is 2.85. The van der Waals surface area contributed by atoms with Gasteiger partial charge in [-0.15, -0.1) is 0 Å². The number of hydrogen-bond donors (Lipinski definition) is 2. The highest BCUT2D eigenvalue weighted by atomic mass is 79.9. The molecule has 0 unspecified atom stereocenters. The van der Waals surface area contributed by atoms with Crippen molar-refractivity contribution in [3.05, 3.63) is 52.5 Å². The fourth-order valence-electron chi connectivity index (χ4n) is 1.85. The van der Waals surface area contributed by atoms with E-state index >= 15 is 0 Å². The Morgan fingerprint density at radius 3 is 2.55 bits per heavy atom. The molecule has 2 aromatic carbocycles. The van der Waals surface area contributed by atoms with Gasteiger partial charge in [-0.2, -0.15) is 0 Å². The van der Waals surface area contributed by atoms with Crippen LogP contribution in [0.5, 0.6) is 5.75 Å². The molecule has 0 radical (unpaired) electrons. The lowest BCUT2D eigenvalue weighted by Crippen LogP contribution is -2.19. The highest BCUT2D eigenvalue weighted by Crippen LogP contribution is 2.29. The zero-order valence-electron chi connectivity index (χ0n) is 11.5. The maximum absolute atomic E-state index is 12.5. The van der Waals surface area contributed by atoms with E-state index in [-0.39, 0.29) is 21.9 Å². The number of nitrogens with one attached hydrogen (secondary N) is 1. The van der Waals surface area contributed by atoms with Crippen molar-refractivity contribution < 1.29 is 17.9 Å². The summed E-state index contributed by atoms with van der Waals surface area (Å²) in [4.78, 5) is 11.3. The Morgan fingerprint density at radius 1 is 1.23 bits per heavy atom. The number of halogens is 1. The number of methoxy groups -OCH3 is 1. The number of primary amides is 1. The van der Waals surface area contributed by atoms with E-state index in [4.69, 9.17) is 10.5 Å². The van der Waals surface area contributed by atoms with Crippen molar-refractivity contribution in [2.75, 3.05) is 11.8 Å². The van der Waals surface area contributed by atoms with Crippen LogP contribution in [-0.2, 0) is 10.0 Å². The molecule has 0 spiro atoms. The first-order valence-corrected chi connectivity index (χ1v) is 8.38. The van der Waals surface area contributed by atoms with Gasteiger partial charge in [0.25, 0.3) is 15.9 Å².